The molecule has 0 aliphatic rings. The average molecular weight is 285 g/mol. The number of methoxy groups -OCH3 is 1. The highest BCUT2D eigenvalue weighted by atomic mass is 16.6. The van der Waals surface area contributed by atoms with E-state index in [1.54, 1.807) is 14.2 Å². The Morgan fingerprint density at radius 3 is 2.65 bits per heavy atom. The van der Waals surface area contributed by atoms with Crippen molar-refractivity contribution in [2.45, 2.75) is 19.8 Å². The first-order valence-corrected chi connectivity index (χ1v) is 6.63. The standard InChI is InChI=1S/C12H23N5O3/c1-9(2)10-11(17(18)19)12(16(3)15-10)14-6-5-13-7-8-20-4/h9,13-14H,5-8H2,1-4H3. The van der Waals surface area contributed by atoms with Gasteiger partial charge in [-0.25, -0.2) is 4.68 Å². The summed E-state index contributed by atoms with van der Waals surface area (Å²) in [6, 6.07) is 0. The lowest BCUT2D eigenvalue weighted by molar-refractivity contribution is -0.384. The van der Waals surface area contributed by atoms with Gasteiger partial charge in [-0.05, 0) is 0 Å². The molecule has 1 rings (SSSR count). The van der Waals surface area contributed by atoms with Crippen LogP contribution in [0, 0.1) is 10.1 Å². The molecule has 8 heteroatoms. The van der Waals surface area contributed by atoms with Gasteiger partial charge in [0.25, 0.3) is 0 Å². The second kappa shape index (κ2) is 7.81. The Morgan fingerprint density at radius 2 is 2.10 bits per heavy atom. The molecule has 0 atom stereocenters. The van der Waals surface area contributed by atoms with Crippen LogP contribution in [0.4, 0.5) is 11.5 Å². The van der Waals surface area contributed by atoms with Gasteiger partial charge in [0.05, 0.1) is 11.5 Å². The fourth-order valence-electron chi connectivity index (χ4n) is 1.87. The summed E-state index contributed by atoms with van der Waals surface area (Å²) in [4.78, 5) is 10.8. The molecule has 0 fully saturated rings. The van der Waals surface area contributed by atoms with Crippen LogP contribution in [0.15, 0.2) is 0 Å². The molecule has 1 aromatic rings. The molecule has 0 bridgehead atoms. The third-order valence-electron chi connectivity index (χ3n) is 2.85. The lowest BCUT2D eigenvalue weighted by Gasteiger charge is -2.07. The Labute approximate surface area is 118 Å². The van der Waals surface area contributed by atoms with Crippen molar-refractivity contribution in [2.75, 3.05) is 38.7 Å². The number of nitro groups is 1. The molecule has 0 amide bonds. The van der Waals surface area contributed by atoms with E-state index < -0.39 is 0 Å². The number of hydrogen-bond donors (Lipinski definition) is 2. The van der Waals surface area contributed by atoms with Crippen LogP contribution in [0.1, 0.15) is 25.5 Å². The Kier molecular flexibility index (Phi) is 6.40. The van der Waals surface area contributed by atoms with Crippen LogP contribution in [-0.4, -0.2) is 48.1 Å². The molecule has 0 spiro atoms. The third-order valence-corrected chi connectivity index (χ3v) is 2.85. The van der Waals surface area contributed by atoms with Gasteiger partial charge in [-0.15, -0.1) is 0 Å². The van der Waals surface area contributed by atoms with E-state index in [0.717, 1.165) is 6.54 Å². The molecule has 0 aliphatic heterocycles. The quantitative estimate of drug-likeness (QED) is 0.401. The molecule has 2 N–H and O–H groups in total. The Hall–Kier alpha value is -1.67. The van der Waals surface area contributed by atoms with Crippen molar-refractivity contribution in [1.29, 1.82) is 0 Å². The molecule has 0 saturated carbocycles. The summed E-state index contributed by atoms with van der Waals surface area (Å²) in [5.74, 6) is 0.462. The van der Waals surface area contributed by atoms with Gasteiger partial charge in [-0.3, -0.25) is 10.1 Å². The van der Waals surface area contributed by atoms with Crippen molar-refractivity contribution in [1.82, 2.24) is 15.1 Å². The molecule has 114 valence electrons. The van der Waals surface area contributed by atoms with E-state index in [4.69, 9.17) is 4.74 Å². The fraction of sp³-hybridized carbons (Fsp3) is 0.750. The summed E-state index contributed by atoms with van der Waals surface area (Å²) in [6.07, 6.45) is 0. The summed E-state index contributed by atoms with van der Waals surface area (Å²) >= 11 is 0. The minimum Gasteiger partial charge on any atom is -0.383 e. The van der Waals surface area contributed by atoms with Crippen LogP contribution in [0.2, 0.25) is 0 Å². The SMILES string of the molecule is COCCNCCNc1c([N+](=O)[O-])c(C(C)C)nn1C. The number of aryl methyl sites for hydroxylation is 1. The summed E-state index contributed by atoms with van der Waals surface area (Å²) < 4.78 is 6.45. The van der Waals surface area contributed by atoms with Crippen molar-refractivity contribution in [3.8, 4) is 0 Å². The molecule has 0 radical (unpaired) electrons. The first kappa shape index (κ1) is 16.4. The van der Waals surface area contributed by atoms with E-state index in [1.807, 2.05) is 13.8 Å². The lowest BCUT2D eigenvalue weighted by Crippen LogP contribution is -2.26. The van der Waals surface area contributed by atoms with Crippen LogP contribution in [-0.2, 0) is 11.8 Å². The zero-order valence-electron chi connectivity index (χ0n) is 12.5. The minimum atomic E-state index is -0.372. The van der Waals surface area contributed by atoms with E-state index in [0.29, 0.717) is 31.2 Å². The van der Waals surface area contributed by atoms with Crippen molar-refractivity contribution in [2.24, 2.45) is 7.05 Å². The summed E-state index contributed by atoms with van der Waals surface area (Å²) in [5.41, 5.74) is 0.576. The Balaban J connectivity index is 2.67. The number of rotatable bonds is 9. The van der Waals surface area contributed by atoms with Gasteiger partial charge in [0.1, 0.15) is 5.69 Å². The third kappa shape index (κ3) is 4.17. The molecular formula is C12H23N5O3. The molecule has 8 nitrogen and oxygen atoms in total. The predicted molar refractivity (Wildman–Crippen MR) is 77.2 cm³/mol. The van der Waals surface area contributed by atoms with E-state index in [9.17, 15) is 10.1 Å². The summed E-state index contributed by atoms with van der Waals surface area (Å²) in [7, 11) is 3.35. The molecule has 0 aliphatic carbocycles. The van der Waals surface area contributed by atoms with Crippen molar-refractivity contribution >= 4 is 11.5 Å². The van der Waals surface area contributed by atoms with Gasteiger partial charge >= 0.3 is 5.69 Å². The van der Waals surface area contributed by atoms with Gasteiger partial charge in [-0.2, -0.15) is 5.10 Å². The summed E-state index contributed by atoms with van der Waals surface area (Å²) in [6.45, 7) is 6.47. The lowest BCUT2D eigenvalue weighted by atomic mass is 10.1. The average Bonchev–Trinajstić information content (AvgIpc) is 2.71. The van der Waals surface area contributed by atoms with E-state index in [2.05, 4.69) is 15.7 Å². The topological polar surface area (TPSA) is 94.2 Å². The second-order valence-electron chi connectivity index (χ2n) is 4.79. The maximum atomic E-state index is 11.2. The van der Waals surface area contributed by atoms with E-state index in [-0.39, 0.29) is 16.5 Å². The van der Waals surface area contributed by atoms with Gasteiger partial charge in [0.15, 0.2) is 0 Å². The number of aromatic nitrogens is 2. The summed E-state index contributed by atoms with van der Waals surface area (Å²) in [5, 5.41) is 21.7. The molecule has 0 saturated heterocycles. The molecule has 0 unspecified atom stereocenters. The molecule has 1 aromatic heterocycles. The monoisotopic (exact) mass is 285 g/mol. The first-order chi connectivity index (χ1) is 9.49. The van der Waals surface area contributed by atoms with Gasteiger partial charge in [-0.1, -0.05) is 13.8 Å². The zero-order chi connectivity index (χ0) is 15.1. The Morgan fingerprint density at radius 1 is 1.40 bits per heavy atom. The van der Waals surface area contributed by atoms with Gasteiger partial charge in [0.2, 0.25) is 5.82 Å². The molecule has 1 heterocycles. The predicted octanol–water partition coefficient (Wildman–Crippen LogP) is 1.10. The smallest absolute Gasteiger partial charge is 0.334 e. The van der Waals surface area contributed by atoms with Gasteiger partial charge in [0, 0.05) is 39.7 Å². The van der Waals surface area contributed by atoms with Crippen LogP contribution < -0.4 is 10.6 Å². The van der Waals surface area contributed by atoms with E-state index in [1.165, 1.54) is 4.68 Å². The van der Waals surface area contributed by atoms with Crippen molar-refractivity contribution in [3.63, 3.8) is 0 Å². The fourth-order valence-corrected chi connectivity index (χ4v) is 1.87. The highest BCUT2D eigenvalue weighted by Crippen LogP contribution is 2.32. The van der Waals surface area contributed by atoms with E-state index >= 15 is 0 Å². The maximum Gasteiger partial charge on any atom is 0.334 e. The van der Waals surface area contributed by atoms with Crippen molar-refractivity contribution < 1.29 is 9.66 Å². The number of ether oxygens (including phenoxy) is 1. The number of nitrogens with zero attached hydrogens (tertiary/aromatic N) is 3. The minimum absolute atomic E-state index is 0.0111. The number of anilines is 1. The highest BCUT2D eigenvalue weighted by Gasteiger charge is 2.27. The molecule has 0 aromatic carbocycles. The largest absolute Gasteiger partial charge is 0.383 e. The maximum absolute atomic E-state index is 11.2. The van der Waals surface area contributed by atoms with Crippen LogP contribution in [0.3, 0.4) is 0 Å². The first-order valence-electron chi connectivity index (χ1n) is 6.63. The molecule has 20 heavy (non-hydrogen) atoms. The van der Waals surface area contributed by atoms with Crippen LogP contribution >= 0.6 is 0 Å². The highest BCUT2D eigenvalue weighted by molar-refractivity contribution is 5.60. The Bertz CT molecular complexity index is 445. The second-order valence-corrected chi connectivity index (χ2v) is 4.79. The van der Waals surface area contributed by atoms with Gasteiger partial charge < -0.3 is 15.4 Å². The number of hydrogen-bond acceptors (Lipinski definition) is 6. The normalized spacial score (nSPS) is 11.1. The zero-order valence-corrected chi connectivity index (χ0v) is 12.5. The van der Waals surface area contributed by atoms with Crippen LogP contribution in [0.25, 0.3) is 0 Å². The molecular weight excluding hydrogens is 262 g/mol. The van der Waals surface area contributed by atoms with Crippen LogP contribution in [0.5, 0.6) is 0 Å². The van der Waals surface area contributed by atoms with Crippen molar-refractivity contribution in [3.05, 3.63) is 15.8 Å². The number of nitrogens with one attached hydrogen (secondary N) is 2.